The topological polar surface area (TPSA) is 103 Å². The van der Waals surface area contributed by atoms with Crippen LogP contribution in [0.2, 0.25) is 0 Å². The summed E-state index contributed by atoms with van der Waals surface area (Å²) in [7, 11) is 2.94. The summed E-state index contributed by atoms with van der Waals surface area (Å²) >= 11 is 0. The average Bonchev–Trinajstić information content (AvgIpc) is 2.66. The fourth-order valence-electron chi connectivity index (χ4n) is 2.17. The van der Waals surface area contributed by atoms with E-state index in [0.29, 0.717) is 0 Å². The van der Waals surface area contributed by atoms with E-state index in [1.54, 1.807) is 0 Å². The summed E-state index contributed by atoms with van der Waals surface area (Å²) in [5.41, 5.74) is -1.16. The van der Waals surface area contributed by atoms with Gasteiger partial charge in [-0.15, -0.1) is 0 Å². The molecule has 1 saturated heterocycles. The quantitative estimate of drug-likeness (QED) is 0.688. The molecule has 1 unspecified atom stereocenters. The van der Waals surface area contributed by atoms with Gasteiger partial charge < -0.3 is 19.3 Å². The molecule has 0 amide bonds. The second-order valence-electron chi connectivity index (χ2n) is 4.23. The number of aliphatic hydroxyl groups excluding tert-OH is 1. The van der Waals surface area contributed by atoms with E-state index in [4.69, 9.17) is 14.2 Å². The van der Waals surface area contributed by atoms with Crippen molar-refractivity contribution in [2.24, 2.45) is 0 Å². The molecule has 19 heavy (non-hydrogen) atoms. The Morgan fingerprint density at radius 3 is 2.79 bits per heavy atom. The van der Waals surface area contributed by atoms with Crippen LogP contribution in [0.4, 0.5) is 0 Å². The van der Waals surface area contributed by atoms with Gasteiger partial charge in [-0.25, -0.2) is 4.79 Å². The van der Waals surface area contributed by atoms with Crippen LogP contribution < -0.4 is 11.2 Å². The Balaban J connectivity index is 2.30. The molecule has 1 aliphatic heterocycles. The Labute approximate surface area is 108 Å². The van der Waals surface area contributed by atoms with Crippen molar-refractivity contribution in [3.8, 4) is 0 Å². The number of aromatic nitrogens is 2. The highest BCUT2D eigenvalue weighted by atomic mass is 16.6. The lowest BCUT2D eigenvalue weighted by molar-refractivity contribution is -0.0640. The number of H-pyrrole nitrogens is 1. The third kappa shape index (κ3) is 2.61. The van der Waals surface area contributed by atoms with Gasteiger partial charge in [0.25, 0.3) is 5.56 Å². The van der Waals surface area contributed by atoms with Crippen molar-refractivity contribution in [2.75, 3.05) is 20.8 Å². The highest BCUT2D eigenvalue weighted by Crippen LogP contribution is 2.29. The fraction of sp³-hybridized carbons (Fsp3) is 0.636. The van der Waals surface area contributed by atoms with Crippen molar-refractivity contribution in [1.29, 1.82) is 0 Å². The lowest BCUT2D eigenvalue weighted by Crippen LogP contribution is -2.38. The first-order valence-corrected chi connectivity index (χ1v) is 5.75. The maximum atomic E-state index is 11.7. The highest BCUT2D eigenvalue weighted by molar-refractivity contribution is 4.93. The number of aliphatic hydroxyl groups is 1. The summed E-state index contributed by atoms with van der Waals surface area (Å²) in [4.78, 5) is 24.8. The van der Waals surface area contributed by atoms with Gasteiger partial charge in [-0.05, 0) is 0 Å². The third-order valence-electron chi connectivity index (χ3n) is 3.04. The molecule has 8 heteroatoms. The zero-order chi connectivity index (χ0) is 14.0. The van der Waals surface area contributed by atoms with Gasteiger partial charge in [0.05, 0.1) is 6.61 Å². The van der Waals surface area contributed by atoms with Gasteiger partial charge >= 0.3 is 5.69 Å². The number of rotatable bonds is 4. The van der Waals surface area contributed by atoms with E-state index < -0.39 is 35.8 Å². The van der Waals surface area contributed by atoms with Gasteiger partial charge in [-0.3, -0.25) is 14.3 Å². The van der Waals surface area contributed by atoms with Crippen LogP contribution in [-0.2, 0) is 14.2 Å². The molecule has 4 atom stereocenters. The summed E-state index contributed by atoms with van der Waals surface area (Å²) in [5, 5.41) is 10.1. The Kier molecular flexibility index (Phi) is 4.15. The normalized spacial score (nSPS) is 30.7. The molecule has 2 rings (SSSR count). The van der Waals surface area contributed by atoms with Crippen LogP contribution in [0, 0.1) is 0 Å². The van der Waals surface area contributed by atoms with Crippen molar-refractivity contribution in [3.05, 3.63) is 33.1 Å². The van der Waals surface area contributed by atoms with Crippen molar-refractivity contribution < 1.29 is 19.3 Å². The van der Waals surface area contributed by atoms with Crippen molar-refractivity contribution in [1.82, 2.24) is 9.55 Å². The molecule has 8 nitrogen and oxygen atoms in total. The SMILES string of the molecule is COC[C@H]1O[C@@H](n2ccc(=O)[nH]c2=O)[C@@H](O)C1OC. The first-order chi connectivity index (χ1) is 9.08. The molecular weight excluding hydrogens is 256 g/mol. The summed E-state index contributed by atoms with van der Waals surface area (Å²) in [6.45, 7) is 0.226. The Hall–Kier alpha value is -1.48. The second kappa shape index (κ2) is 5.66. The Morgan fingerprint density at radius 1 is 1.47 bits per heavy atom. The van der Waals surface area contributed by atoms with Crippen LogP contribution in [0.3, 0.4) is 0 Å². The van der Waals surface area contributed by atoms with E-state index >= 15 is 0 Å². The van der Waals surface area contributed by atoms with Crippen LogP contribution in [0.15, 0.2) is 21.9 Å². The molecule has 0 bridgehead atoms. The predicted octanol–water partition coefficient (Wildman–Crippen LogP) is -1.54. The molecule has 0 aliphatic carbocycles. The van der Waals surface area contributed by atoms with Crippen molar-refractivity contribution in [3.63, 3.8) is 0 Å². The Bertz CT molecular complexity index is 538. The van der Waals surface area contributed by atoms with Gasteiger partial charge in [0.15, 0.2) is 6.23 Å². The number of hydrogen-bond donors (Lipinski definition) is 2. The number of aromatic amines is 1. The predicted molar refractivity (Wildman–Crippen MR) is 63.9 cm³/mol. The van der Waals surface area contributed by atoms with E-state index in [9.17, 15) is 14.7 Å². The number of hydrogen-bond acceptors (Lipinski definition) is 6. The lowest BCUT2D eigenvalue weighted by Gasteiger charge is -2.18. The first-order valence-electron chi connectivity index (χ1n) is 5.75. The number of nitrogens with one attached hydrogen (secondary N) is 1. The molecule has 0 aromatic carbocycles. The molecule has 1 fully saturated rings. The highest BCUT2D eigenvalue weighted by Gasteiger charge is 2.45. The van der Waals surface area contributed by atoms with E-state index in [1.807, 2.05) is 0 Å². The molecule has 1 aromatic heterocycles. The summed E-state index contributed by atoms with van der Waals surface area (Å²) in [5.74, 6) is 0. The zero-order valence-corrected chi connectivity index (χ0v) is 10.6. The third-order valence-corrected chi connectivity index (χ3v) is 3.04. The zero-order valence-electron chi connectivity index (χ0n) is 10.6. The minimum absolute atomic E-state index is 0.226. The van der Waals surface area contributed by atoms with E-state index in [0.717, 1.165) is 4.57 Å². The van der Waals surface area contributed by atoms with Crippen molar-refractivity contribution >= 4 is 0 Å². The minimum Gasteiger partial charge on any atom is -0.386 e. The number of ether oxygens (including phenoxy) is 3. The number of methoxy groups -OCH3 is 2. The summed E-state index contributed by atoms with van der Waals surface area (Å²) < 4.78 is 16.8. The molecule has 1 aliphatic rings. The summed E-state index contributed by atoms with van der Waals surface area (Å²) in [6.07, 6.45) is -1.78. The van der Waals surface area contributed by atoms with Gasteiger partial charge in [0, 0.05) is 26.5 Å². The van der Waals surface area contributed by atoms with E-state index in [1.165, 1.54) is 26.5 Å². The van der Waals surface area contributed by atoms with Crippen LogP contribution in [0.5, 0.6) is 0 Å². The maximum Gasteiger partial charge on any atom is 0.330 e. The van der Waals surface area contributed by atoms with Gasteiger partial charge in [-0.1, -0.05) is 0 Å². The molecule has 106 valence electrons. The molecule has 2 N–H and O–H groups in total. The molecule has 0 radical (unpaired) electrons. The maximum absolute atomic E-state index is 11.7. The van der Waals surface area contributed by atoms with Gasteiger partial charge in [0.1, 0.15) is 18.3 Å². The molecule has 1 aromatic rings. The fourth-order valence-corrected chi connectivity index (χ4v) is 2.17. The van der Waals surface area contributed by atoms with Crippen molar-refractivity contribution in [2.45, 2.75) is 24.5 Å². The average molecular weight is 272 g/mol. The summed E-state index contributed by atoms with van der Waals surface area (Å²) in [6, 6.07) is 1.18. The van der Waals surface area contributed by atoms with E-state index in [2.05, 4.69) is 4.98 Å². The lowest BCUT2D eigenvalue weighted by atomic mass is 10.1. The van der Waals surface area contributed by atoms with E-state index in [-0.39, 0.29) is 6.61 Å². The Morgan fingerprint density at radius 2 is 2.21 bits per heavy atom. The molecular formula is C11H16N2O6. The molecule has 0 saturated carbocycles. The standard InChI is InChI=1S/C11H16N2O6/c1-17-5-6-9(18-2)8(15)10(19-6)13-4-3-7(14)12-11(13)16/h3-4,6,8-10,15H,5H2,1-2H3,(H,12,14,16)/t6-,8+,9?,10-/m1/s1. The van der Waals surface area contributed by atoms with Crippen LogP contribution in [-0.4, -0.2) is 53.8 Å². The molecule has 0 spiro atoms. The van der Waals surface area contributed by atoms with Crippen LogP contribution in [0.1, 0.15) is 6.23 Å². The number of nitrogens with zero attached hydrogens (tertiary/aromatic N) is 1. The second-order valence-corrected chi connectivity index (χ2v) is 4.23. The largest absolute Gasteiger partial charge is 0.386 e. The molecule has 2 heterocycles. The smallest absolute Gasteiger partial charge is 0.330 e. The minimum atomic E-state index is -1.03. The van der Waals surface area contributed by atoms with Gasteiger partial charge in [0.2, 0.25) is 0 Å². The van der Waals surface area contributed by atoms with Gasteiger partial charge in [-0.2, -0.15) is 0 Å². The monoisotopic (exact) mass is 272 g/mol. The van der Waals surface area contributed by atoms with Crippen LogP contribution in [0.25, 0.3) is 0 Å². The van der Waals surface area contributed by atoms with Crippen LogP contribution >= 0.6 is 0 Å². The first kappa shape index (κ1) is 13.9.